The van der Waals surface area contributed by atoms with E-state index in [2.05, 4.69) is 4.98 Å². The number of aromatic nitrogens is 1. The van der Waals surface area contributed by atoms with E-state index in [-0.39, 0.29) is 24.5 Å². The highest BCUT2D eigenvalue weighted by molar-refractivity contribution is 6.31. The minimum atomic E-state index is -0.400. The van der Waals surface area contributed by atoms with E-state index in [1.165, 1.54) is 0 Å². The SMILES string of the molecule is CC(CO)C(=O)N1CC(N(C)C(=O)c2c[nH]c3ccc(Cl)cc23)C1. The lowest BCUT2D eigenvalue weighted by Gasteiger charge is -2.44. The average Bonchev–Trinajstić information content (AvgIpc) is 2.94. The number of aliphatic hydroxyl groups is 1. The van der Waals surface area contributed by atoms with E-state index in [0.29, 0.717) is 23.7 Å². The van der Waals surface area contributed by atoms with Crippen LogP contribution in [0.2, 0.25) is 5.02 Å². The first-order valence-corrected chi connectivity index (χ1v) is 8.23. The lowest BCUT2D eigenvalue weighted by atomic mass is 10.0. The number of aromatic amines is 1. The maximum atomic E-state index is 12.8. The lowest BCUT2D eigenvalue weighted by Crippen LogP contribution is -2.62. The monoisotopic (exact) mass is 349 g/mol. The van der Waals surface area contributed by atoms with Gasteiger partial charge in [0.05, 0.1) is 24.1 Å². The molecule has 1 unspecified atom stereocenters. The van der Waals surface area contributed by atoms with Crippen LogP contribution in [0.4, 0.5) is 0 Å². The molecule has 1 aliphatic heterocycles. The van der Waals surface area contributed by atoms with E-state index in [1.807, 2.05) is 6.07 Å². The van der Waals surface area contributed by atoms with Gasteiger partial charge in [-0.25, -0.2) is 0 Å². The van der Waals surface area contributed by atoms with Crippen molar-refractivity contribution in [2.24, 2.45) is 5.92 Å². The largest absolute Gasteiger partial charge is 0.396 e. The van der Waals surface area contributed by atoms with Gasteiger partial charge in [-0.1, -0.05) is 18.5 Å². The Hall–Kier alpha value is -2.05. The number of fused-ring (bicyclic) bond motifs is 1. The maximum absolute atomic E-state index is 12.8. The third-order valence-electron chi connectivity index (χ3n) is 4.61. The van der Waals surface area contributed by atoms with Crippen molar-refractivity contribution in [2.45, 2.75) is 13.0 Å². The van der Waals surface area contributed by atoms with Crippen molar-refractivity contribution >= 4 is 34.3 Å². The Kier molecular flexibility index (Phi) is 4.51. The van der Waals surface area contributed by atoms with Gasteiger partial charge in [0.1, 0.15) is 0 Å². The average molecular weight is 350 g/mol. The standard InChI is InChI=1S/C17H20ClN3O3/c1-10(9-22)16(23)21-7-12(8-21)20(2)17(24)14-6-19-15-4-3-11(18)5-13(14)15/h3-6,10,12,19,22H,7-9H2,1-2H3. The Balaban J connectivity index is 1.70. The number of hydrogen-bond acceptors (Lipinski definition) is 3. The van der Waals surface area contributed by atoms with Gasteiger partial charge in [-0.3, -0.25) is 9.59 Å². The molecule has 7 heteroatoms. The van der Waals surface area contributed by atoms with Gasteiger partial charge in [-0.15, -0.1) is 0 Å². The molecule has 1 fully saturated rings. The van der Waals surface area contributed by atoms with E-state index < -0.39 is 5.92 Å². The van der Waals surface area contributed by atoms with Crippen molar-refractivity contribution in [1.82, 2.24) is 14.8 Å². The molecule has 2 N–H and O–H groups in total. The second-order valence-electron chi connectivity index (χ2n) is 6.29. The Labute approximate surface area is 145 Å². The van der Waals surface area contributed by atoms with Crippen molar-refractivity contribution < 1.29 is 14.7 Å². The molecule has 0 radical (unpaired) electrons. The highest BCUT2D eigenvalue weighted by Crippen LogP contribution is 2.25. The summed E-state index contributed by atoms with van der Waals surface area (Å²) in [7, 11) is 1.74. The van der Waals surface area contributed by atoms with Gasteiger partial charge < -0.3 is 19.9 Å². The summed E-state index contributed by atoms with van der Waals surface area (Å²) in [6.45, 7) is 2.52. The van der Waals surface area contributed by atoms with E-state index >= 15 is 0 Å². The molecule has 0 aliphatic carbocycles. The first kappa shape index (κ1) is 16.8. The number of carbonyl (C=O) groups is 2. The van der Waals surface area contributed by atoms with Crippen molar-refractivity contribution in [3.8, 4) is 0 Å². The van der Waals surface area contributed by atoms with Crippen LogP contribution < -0.4 is 0 Å². The van der Waals surface area contributed by atoms with Crippen LogP contribution in [0.3, 0.4) is 0 Å². The fourth-order valence-corrected chi connectivity index (χ4v) is 3.07. The minimum Gasteiger partial charge on any atom is -0.396 e. The molecule has 3 rings (SSSR count). The van der Waals surface area contributed by atoms with E-state index in [0.717, 1.165) is 10.9 Å². The third kappa shape index (κ3) is 2.87. The van der Waals surface area contributed by atoms with Gasteiger partial charge in [-0.2, -0.15) is 0 Å². The number of rotatable bonds is 4. The lowest BCUT2D eigenvalue weighted by molar-refractivity contribution is -0.142. The molecule has 1 saturated heterocycles. The van der Waals surface area contributed by atoms with Crippen LogP contribution in [0, 0.1) is 5.92 Å². The summed E-state index contributed by atoms with van der Waals surface area (Å²) in [6.07, 6.45) is 1.69. The molecule has 2 aromatic rings. The maximum Gasteiger partial charge on any atom is 0.256 e. The Morgan fingerprint density at radius 2 is 2.17 bits per heavy atom. The Morgan fingerprint density at radius 3 is 2.83 bits per heavy atom. The quantitative estimate of drug-likeness (QED) is 0.882. The number of amides is 2. The molecule has 2 amide bonds. The Bertz CT molecular complexity index is 782. The van der Waals surface area contributed by atoms with Crippen LogP contribution in [0.5, 0.6) is 0 Å². The van der Waals surface area contributed by atoms with Gasteiger partial charge in [0.15, 0.2) is 0 Å². The van der Waals surface area contributed by atoms with E-state index in [1.54, 1.807) is 42.1 Å². The summed E-state index contributed by atoms with van der Waals surface area (Å²) in [5.74, 6) is -0.577. The fourth-order valence-electron chi connectivity index (χ4n) is 2.90. The molecule has 128 valence electrons. The predicted molar refractivity (Wildman–Crippen MR) is 92.0 cm³/mol. The molecule has 0 spiro atoms. The molecule has 0 saturated carbocycles. The van der Waals surface area contributed by atoms with Gasteiger partial charge in [-0.05, 0) is 18.2 Å². The molecular formula is C17H20ClN3O3. The zero-order chi connectivity index (χ0) is 17.4. The summed E-state index contributed by atoms with van der Waals surface area (Å²) < 4.78 is 0. The number of hydrogen-bond donors (Lipinski definition) is 2. The summed E-state index contributed by atoms with van der Waals surface area (Å²) in [4.78, 5) is 31.1. The summed E-state index contributed by atoms with van der Waals surface area (Å²) >= 11 is 6.03. The van der Waals surface area contributed by atoms with E-state index in [4.69, 9.17) is 16.7 Å². The number of benzene rings is 1. The number of H-pyrrole nitrogens is 1. The molecule has 2 heterocycles. The number of nitrogens with zero attached hydrogens (tertiary/aromatic N) is 2. The number of aliphatic hydroxyl groups excluding tert-OH is 1. The molecule has 1 aliphatic rings. The molecule has 1 atom stereocenters. The normalized spacial score (nSPS) is 16.1. The summed E-state index contributed by atoms with van der Waals surface area (Å²) in [6, 6.07) is 5.37. The van der Waals surface area contributed by atoms with Crippen molar-refractivity contribution in [3.63, 3.8) is 0 Å². The van der Waals surface area contributed by atoms with Crippen LogP contribution >= 0.6 is 11.6 Å². The molecule has 24 heavy (non-hydrogen) atoms. The number of halogens is 1. The Morgan fingerprint density at radius 1 is 1.46 bits per heavy atom. The van der Waals surface area contributed by atoms with Crippen molar-refractivity contribution in [1.29, 1.82) is 0 Å². The van der Waals surface area contributed by atoms with Crippen molar-refractivity contribution in [3.05, 3.63) is 35.0 Å². The molecule has 0 bridgehead atoms. The van der Waals surface area contributed by atoms with Crippen LogP contribution in [0.1, 0.15) is 17.3 Å². The van der Waals surface area contributed by atoms with E-state index in [9.17, 15) is 9.59 Å². The highest BCUT2D eigenvalue weighted by atomic mass is 35.5. The zero-order valence-corrected chi connectivity index (χ0v) is 14.4. The molecule has 1 aromatic heterocycles. The van der Waals surface area contributed by atoms with Crippen molar-refractivity contribution in [2.75, 3.05) is 26.7 Å². The van der Waals surface area contributed by atoms with Gasteiger partial charge in [0.25, 0.3) is 5.91 Å². The predicted octanol–water partition coefficient (Wildman–Crippen LogP) is 1.73. The van der Waals surface area contributed by atoms with Crippen LogP contribution in [0.25, 0.3) is 10.9 Å². The molecule has 6 nitrogen and oxygen atoms in total. The fraction of sp³-hybridized carbons (Fsp3) is 0.412. The second-order valence-corrected chi connectivity index (χ2v) is 6.73. The van der Waals surface area contributed by atoms with Gasteiger partial charge >= 0.3 is 0 Å². The summed E-state index contributed by atoms with van der Waals surface area (Å²) in [5.41, 5.74) is 1.43. The number of nitrogens with one attached hydrogen (secondary N) is 1. The second kappa shape index (κ2) is 6.45. The minimum absolute atomic E-state index is 0.0172. The topological polar surface area (TPSA) is 76.6 Å². The summed E-state index contributed by atoms with van der Waals surface area (Å²) in [5, 5.41) is 10.4. The number of likely N-dealkylation sites (N-methyl/N-ethyl adjacent to an activating group) is 1. The molecular weight excluding hydrogens is 330 g/mol. The van der Waals surface area contributed by atoms with Crippen LogP contribution in [0.15, 0.2) is 24.4 Å². The van der Waals surface area contributed by atoms with Gasteiger partial charge in [0, 0.05) is 42.3 Å². The van der Waals surface area contributed by atoms with Gasteiger partial charge in [0.2, 0.25) is 5.91 Å². The van der Waals surface area contributed by atoms with Crippen LogP contribution in [-0.4, -0.2) is 64.5 Å². The first-order valence-electron chi connectivity index (χ1n) is 7.85. The third-order valence-corrected chi connectivity index (χ3v) is 4.85. The van der Waals surface area contributed by atoms with Crippen LogP contribution in [-0.2, 0) is 4.79 Å². The number of carbonyl (C=O) groups excluding carboxylic acids is 2. The number of likely N-dealkylation sites (tertiary alicyclic amines) is 1. The molecule has 1 aromatic carbocycles. The highest BCUT2D eigenvalue weighted by Gasteiger charge is 2.37. The smallest absolute Gasteiger partial charge is 0.256 e. The first-order chi connectivity index (χ1) is 11.4. The zero-order valence-electron chi connectivity index (χ0n) is 13.6.